The number of hydrogen-bond acceptors (Lipinski definition) is 9. The Hall–Kier alpha value is -4.27. The van der Waals surface area contributed by atoms with Crippen LogP contribution >= 0.6 is 24.8 Å². The number of likely N-dealkylation sites (tertiary alicyclic amines) is 1. The van der Waals surface area contributed by atoms with Crippen LogP contribution < -0.4 is 14.8 Å². The largest absolute Gasteiger partial charge is 0.490 e. The molecule has 3 aromatic rings. The molecule has 1 fully saturated rings. The first-order valence-corrected chi connectivity index (χ1v) is 15.8. The molecule has 1 amide bonds. The summed E-state index contributed by atoms with van der Waals surface area (Å²) in [6, 6.07) is 17.1. The molecule has 4 rings (SSSR count). The minimum Gasteiger partial charge on any atom is -0.490 e. The summed E-state index contributed by atoms with van der Waals surface area (Å²) < 4.78 is 45.5. The standard InChI is InChI=1S/C31H38N6O7S.2ClH/c1-4-43-31(39)37(20-29(38)42-3)45(40,41)36(19-22-5-6-23-7-8-24(30(33)34)18-25(23)17-22)26-9-11-27(12-10-26)44-28-13-15-35(16-14-28)21(2)32;;/h5-12,17-18,28,32H,4,13-16,19-20H2,1-3H3,(H3,33,34);2*1H. The smallest absolute Gasteiger partial charge is 0.425 e. The number of nitrogens with zero attached hydrogens (tertiary/aromatic N) is 3. The first kappa shape index (κ1) is 38.9. The summed E-state index contributed by atoms with van der Waals surface area (Å²) >= 11 is 0. The topological polar surface area (TPSA) is 179 Å². The Bertz CT molecular complexity index is 1680. The number of nitrogens with one attached hydrogen (secondary N) is 2. The van der Waals surface area contributed by atoms with Crippen LogP contribution in [0.3, 0.4) is 0 Å². The second kappa shape index (κ2) is 17.0. The molecule has 16 heteroatoms. The number of amidine groups is 2. The molecule has 0 aliphatic carbocycles. The molecule has 0 aromatic heterocycles. The monoisotopic (exact) mass is 710 g/mol. The minimum absolute atomic E-state index is 0. The van der Waals surface area contributed by atoms with Crippen LogP contribution in [0.4, 0.5) is 10.5 Å². The molecule has 0 radical (unpaired) electrons. The van der Waals surface area contributed by atoms with Crippen molar-refractivity contribution >= 4 is 75.2 Å². The number of ether oxygens (including phenoxy) is 3. The highest BCUT2D eigenvalue weighted by atomic mass is 35.5. The molecule has 4 N–H and O–H groups in total. The Balaban J connectivity index is 0.00000384. The number of carbonyl (C=O) groups is 2. The SMILES string of the molecule is CCOC(=O)N(CC(=O)OC)S(=O)(=O)N(Cc1ccc2ccc(C(=N)N)cc2c1)c1ccc(OC2CCN(C(C)=N)CC2)cc1.Cl.Cl. The van der Waals surface area contributed by atoms with E-state index in [4.69, 9.17) is 26.0 Å². The number of nitrogens with two attached hydrogens (primary N) is 1. The number of piperidine rings is 1. The van der Waals surface area contributed by atoms with Gasteiger partial charge in [0.1, 0.15) is 24.2 Å². The fourth-order valence-electron chi connectivity index (χ4n) is 4.96. The maximum atomic E-state index is 14.1. The maximum Gasteiger partial charge on any atom is 0.425 e. The van der Waals surface area contributed by atoms with Crippen LogP contribution in [0.25, 0.3) is 10.8 Å². The molecule has 13 nitrogen and oxygen atoms in total. The highest BCUT2D eigenvalue weighted by molar-refractivity contribution is 7.91. The Morgan fingerprint density at radius 2 is 1.62 bits per heavy atom. The third-order valence-corrected chi connectivity index (χ3v) is 9.15. The molecule has 0 spiro atoms. The normalized spacial score (nSPS) is 13.0. The van der Waals surface area contributed by atoms with Crippen LogP contribution in [-0.2, 0) is 31.0 Å². The molecular formula is C31H40Cl2N6O7S. The van der Waals surface area contributed by atoms with Gasteiger partial charge in [-0.25, -0.2) is 9.10 Å². The predicted octanol–water partition coefficient (Wildman–Crippen LogP) is 4.69. The number of carbonyl (C=O) groups excluding carboxylic acids is 2. The van der Waals surface area contributed by atoms with Crippen LogP contribution in [0.5, 0.6) is 5.75 Å². The van der Waals surface area contributed by atoms with Gasteiger partial charge in [-0.15, -0.1) is 24.8 Å². The summed E-state index contributed by atoms with van der Waals surface area (Å²) in [7, 11) is -3.61. The zero-order chi connectivity index (χ0) is 32.7. The summed E-state index contributed by atoms with van der Waals surface area (Å²) in [6.07, 6.45) is 0.217. The van der Waals surface area contributed by atoms with Crippen molar-refractivity contribution in [2.45, 2.75) is 39.3 Å². The van der Waals surface area contributed by atoms with Crippen molar-refractivity contribution < 1.29 is 32.2 Å². The van der Waals surface area contributed by atoms with Crippen LogP contribution in [0, 0.1) is 10.8 Å². The summed E-state index contributed by atoms with van der Waals surface area (Å²) in [5.41, 5.74) is 6.98. The number of hydrogen-bond donors (Lipinski definition) is 3. The summed E-state index contributed by atoms with van der Waals surface area (Å²) in [5, 5.41) is 17.2. The van der Waals surface area contributed by atoms with E-state index in [0.29, 0.717) is 40.1 Å². The van der Waals surface area contributed by atoms with Gasteiger partial charge in [-0.05, 0) is 66.6 Å². The number of rotatable bonds is 11. The highest BCUT2D eigenvalue weighted by Crippen LogP contribution is 2.29. The number of anilines is 1. The molecule has 1 aliphatic heterocycles. The van der Waals surface area contributed by atoms with Crippen molar-refractivity contribution in [1.82, 2.24) is 9.21 Å². The van der Waals surface area contributed by atoms with E-state index < -0.39 is 28.8 Å². The Morgan fingerprint density at radius 3 is 2.19 bits per heavy atom. The Kier molecular flexibility index (Phi) is 14.1. The van der Waals surface area contributed by atoms with Gasteiger partial charge in [0, 0.05) is 31.5 Å². The van der Waals surface area contributed by atoms with Gasteiger partial charge in [0.15, 0.2) is 0 Å². The van der Waals surface area contributed by atoms with Gasteiger partial charge in [0.25, 0.3) is 0 Å². The number of amides is 1. The third kappa shape index (κ3) is 9.62. The second-order valence-corrected chi connectivity index (χ2v) is 12.3. The van der Waals surface area contributed by atoms with Crippen molar-refractivity contribution in [3.8, 4) is 5.75 Å². The van der Waals surface area contributed by atoms with E-state index >= 15 is 0 Å². The van der Waals surface area contributed by atoms with Crippen molar-refractivity contribution in [3.63, 3.8) is 0 Å². The van der Waals surface area contributed by atoms with E-state index in [1.165, 1.54) is 6.92 Å². The maximum absolute atomic E-state index is 14.1. The quantitative estimate of drug-likeness (QED) is 0.145. The summed E-state index contributed by atoms with van der Waals surface area (Å²) in [5.74, 6) is 0.0217. The molecule has 3 aromatic carbocycles. The van der Waals surface area contributed by atoms with Gasteiger partial charge in [-0.3, -0.25) is 15.6 Å². The number of halogens is 2. The molecule has 1 saturated heterocycles. The molecule has 1 heterocycles. The van der Waals surface area contributed by atoms with Crippen LogP contribution in [0.1, 0.15) is 37.8 Å². The second-order valence-electron chi connectivity index (χ2n) is 10.5. The summed E-state index contributed by atoms with van der Waals surface area (Å²) in [4.78, 5) is 27.1. The lowest BCUT2D eigenvalue weighted by molar-refractivity contribution is -0.140. The average Bonchev–Trinajstić information content (AvgIpc) is 3.02. The van der Waals surface area contributed by atoms with E-state index in [2.05, 4.69) is 4.74 Å². The number of methoxy groups -OCH3 is 1. The third-order valence-electron chi connectivity index (χ3n) is 7.41. The Labute approximate surface area is 286 Å². The molecular weight excluding hydrogens is 671 g/mol. The van der Waals surface area contributed by atoms with Crippen molar-refractivity contribution in [2.75, 3.05) is 37.7 Å². The fourth-order valence-corrected chi connectivity index (χ4v) is 6.41. The van der Waals surface area contributed by atoms with E-state index in [0.717, 1.165) is 35.0 Å². The van der Waals surface area contributed by atoms with Crippen molar-refractivity contribution in [3.05, 3.63) is 71.8 Å². The molecule has 0 unspecified atom stereocenters. The van der Waals surface area contributed by atoms with Gasteiger partial charge in [0.05, 0.1) is 31.8 Å². The lowest BCUT2D eigenvalue weighted by Crippen LogP contribution is -2.49. The van der Waals surface area contributed by atoms with Gasteiger partial charge in [0.2, 0.25) is 0 Å². The van der Waals surface area contributed by atoms with Crippen LogP contribution in [-0.4, -0.2) is 80.8 Å². The van der Waals surface area contributed by atoms with Crippen molar-refractivity contribution in [2.24, 2.45) is 5.73 Å². The first-order valence-electron chi connectivity index (χ1n) is 14.4. The number of esters is 1. The lowest BCUT2D eigenvalue weighted by atomic mass is 10.0. The van der Waals surface area contributed by atoms with Crippen LogP contribution in [0.2, 0.25) is 0 Å². The zero-order valence-corrected chi connectivity index (χ0v) is 28.8. The van der Waals surface area contributed by atoms with E-state index in [9.17, 15) is 18.0 Å². The van der Waals surface area contributed by atoms with E-state index in [-0.39, 0.29) is 55.6 Å². The zero-order valence-electron chi connectivity index (χ0n) is 26.3. The molecule has 47 heavy (non-hydrogen) atoms. The first-order chi connectivity index (χ1) is 21.4. The molecule has 0 atom stereocenters. The van der Waals surface area contributed by atoms with Gasteiger partial charge in [-0.2, -0.15) is 12.7 Å². The van der Waals surface area contributed by atoms with Gasteiger partial charge >= 0.3 is 22.3 Å². The number of nitrogen functional groups attached to an aromatic ring is 1. The Morgan fingerprint density at radius 1 is 0.979 bits per heavy atom. The highest BCUT2D eigenvalue weighted by Gasteiger charge is 2.37. The van der Waals surface area contributed by atoms with Gasteiger partial charge in [-0.1, -0.05) is 24.3 Å². The molecule has 1 aliphatic rings. The minimum atomic E-state index is -4.70. The van der Waals surface area contributed by atoms with E-state index in [1.54, 1.807) is 55.5 Å². The number of fused-ring (bicyclic) bond motifs is 1. The summed E-state index contributed by atoms with van der Waals surface area (Å²) in [6.45, 7) is 3.51. The lowest BCUT2D eigenvalue weighted by Gasteiger charge is -2.33. The van der Waals surface area contributed by atoms with Crippen LogP contribution in [0.15, 0.2) is 60.7 Å². The van der Waals surface area contributed by atoms with E-state index in [1.807, 2.05) is 17.0 Å². The molecule has 0 saturated carbocycles. The van der Waals surface area contributed by atoms with Crippen molar-refractivity contribution in [1.29, 1.82) is 10.8 Å². The molecule has 256 valence electrons. The predicted molar refractivity (Wildman–Crippen MR) is 185 cm³/mol. The molecule has 0 bridgehead atoms. The van der Waals surface area contributed by atoms with Gasteiger partial charge < -0.3 is 24.8 Å². The number of benzene rings is 3. The average molecular weight is 712 g/mol. The fraction of sp³-hybridized carbons (Fsp3) is 0.355.